The number of hydrogen-bond acceptors (Lipinski definition) is 2. The highest BCUT2D eigenvalue weighted by atomic mass is 35.5. The van der Waals surface area contributed by atoms with Crippen molar-refractivity contribution in [3.63, 3.8) is 0 Å². The van der Waals surface area contributed by atoms with Crippen molar-refractivity contribution in [2.24, 2.45) is 11.8 Å². The van der Waals surface area contributed by atoms with Crippen molar-refractivity contribution < 1.29 is 19.1 Å². The van der Waals surface area contributed by atoms with Crippen LogP contribution in [0.5, 0.6) is 0 Å². The second kappa shape index (κ2) is 5.88. The molecule has 1 aromatic rings. The van der Waals surface area contributed by atoms with E-state index in [1.54, 1.807) is 17.0 Å². The van der Waals surface area contributed by atoms with Gasteiger partial charge in [-0.25, -0.2) is 4.39 Å². The van der Waals surface area contributed by atoms with Gasteiger partial charge < -0.3 is 10.0 Å². The third kappa shape index (κ3) is 2.82. The Bertz CT molecular complexity index is 593. The van der Waals surface area contributed by atoms with Crippen LogP contribution in [0.25, 0.3) is 0 Å². The van der Waals surface area contributed by atoms with Crippen LogP contribution < -0.4 is 0 Å². The quantitative estimate of drug-likeness (QED) is 0.929. The van der Waals surface area contributed by atoms with Crippen LogP contribution in [-0.4, -0.2) is 35.0 Å². The molecule has 4 nitrogen and oxygen atoms in total. The van der Waals surface area contributed by atoms with E-state index in [9.17, 15) is 14.0 Å². The molecule has 118 valence electrons. The summed E-state index contributed by atoms with van der Waals surface area (Å²) < 4.78 is 13.9. The fourth-order valence-corrected chi connectivity index (χ4v) is 3.54. The van der Waals surface area contributed by atoms with Crippen molar-refractivity contribution in [2.75, 3.05) is 13.1 Å². The van der Waals surface area contributed by atoms with Gasteiger partial charge in [0, 0.05) is 35.5 Å². The Labute approximate surface area is 132 Å². The first-order valence-electron chi connectivity index (χ1n) is 7.44. The van der Waals surface area contributed by atoms with Crippen molar-refractivity contribution in [2.45, 2.75) is 25.2 Å². The smallest absolute Gasteiger partial charge is 0.306 e. The SMILES string of the molecule is O=C(O)C1CCN(C(=O)C2CC2c2c(F)cccc2Cl)CC1. The molecule has 2 aliphatic rings. The normalized spacial score (nSPS) is 25.1. The number of nitrogens with zero attached hydrogens (tertiary/aromatic N) is 1. The van der Waals surface area contributed by atoms with Gasteiger partial charge in [0.15, 0.2) is 0 Å². The van der Waals surface area contributed by atoms with Crippen molar-refractivity contribution >= 4 is 23.5 Å². The fourth-order valence-electron chi connectivity index (χ4n) is 3.23. The molecule has 1 saturated heterocycles. The van der Waals surface area contributed by atoms with E-state index in [1.165, 1.54) is 6.07 Å². The molecule has 0 radical (unpaired) electrons. The van der Waals surface area contributed by atoms with Gasteiger partial charge in [-0.05, 0) is 31.4 Å². The second-order valence-electron chi connectivity index (χ2n) is 6.02. The van der Waals surface area contributed by atoms with Gasteiger partial charge in [0.05, 0.1) is 5.92 Å². The molecule has 2 atom stereocenters. The molecule has 3 rings (SSSR count). The minimum absolute atomic E-state index is 0.00633. The first-order chi connectivity index (χ1) is 10.5. The molecular formula is C16H17ClFNO3. The van der Waals surface area contributed by atoms with Crippen LogP contribution in [0.4, 0.5) is 4.39 Å². The number of aliphatic carboxylic acids is 1. The fraction of sp³-hybridized carbons (Fsp3) is 0.500. The van der Waals surface area contributed by atoms with E-state index in [0.717, 1.165) is 0 Å². The Morgan fingerprint density at radius 2 is 1.95 bits per heavy atom. The number of carbonyl (C=O) groups is 2. The monoisotopic (exact) mass is 325 g/mol. The lowest BCUT2D eigenvalue weighted by molar-refractivity contribution is -0.146. The maximum Gasteiger partial charge on any atom is 0.306 e. The molecule has 0 spiro atoms. The lowest BCUT2D eigenvalue weighted by Crippen LogP contribution is -2.41. The van der Waals surface area contributed by atoms with Gasteiger partial charge >= 0.3 is 5.97 Å². The molecule has 22 heavy (non-hydrogen) atoms. The number of carbonyl (C=O) groups excluding carboxylic acids is 1. The number of amides is 1. The first-order valence-corrected chi connectivity index (χ1v) is 7.82. The van der Waals surface area contributed by atoms with Gasteiger partial charge in [0.2, 0.25) is 5.91 Å². The number of rotatable bonds is 3. The minimum atomic E-state index is -0.797. The van der Waals surface area contributed by atoms with Crippen molar-refractivity contribution in [1.82, 2.24) is 4.90 Å². The average molecular weight is 326 g/mol. The third-order valence-electron chi connectivity index (χ3n) is 4.63. The zero-order valence-corrected chi connectivity index (χ0v) is 12.7. The standard InChI is InChI=1S/C16H17ClFNO3/c17-12-2-1-3-13(18)14(12)10-8-11(10)15(20)19-6-4-9(5-7-19)16(21)22/h1-3,9-11H,4-8H2,(H,21,22). The molecule has 1 N–H and O–H groups in total. The van der Waals surface area contributed by atoms with Crippen LogP contribution in [0.1, 0.15) is 30.7 Å². The van der Waals surface area contributed by atoms with E-state index in [0.29, 0.717) is 42.9 Å². The largest absolute Gasteiger partial charge is 0.481 e. The van der Waals surface area contributed by atoms with Crippen LogP contribution >= 0.6 is 11.6 Å². The number of benzene rings is 1. The van der Waals surface area contributed by atoms with E-state index in [4.69, 9.17) is 16.7 Å². The summed E-state index contributed by atoms with van der Waals surface area (Å²) in [6.45, 7) is 0.925. The van der Waals surface area contributed by atoms with E-state index >= 15 is 0 Å². The molecule has 1 aromatic carbocycles. The highest BCUT2D eigenvalue weighted by Gasteiger charge is 2.48. The summed E-state index contributed by atoms with van der Waals surface area (Å²) in [6.07, 6.45) is 1.58. The van der Waals surface area contributed by atoms with Crippen molar-refractivity contribution in [3.8, 4) is 0 Å². The molecule has 0 bridgehead atoms. The number of likely N-dealkylation sites (tertiary alicyclic amines) is 1. The van der Waals surface area contributed by atoms with Gasteiger partial charge in [-0.3, -0.25) is 9.59 Å². The van der Waals surface area contributed by atoms with E-state index in [1.807, 2.05) is 0 Å². The predicted octanol–water partition coefficient (Wildman–Crippen LogP) is 2.91. The topological polar surface area (TPSA) is 57.6 Å². The molecule has 1 heterocycles. The lowest BCUT2D eigenvalue weighted by Gasteiger charge is -2.30. The number of halogens is 2. The second-order valence-corrected chi connectivity index (χ2v) is 6.43. The predicted molar refractivity (Wildman–Crippen MR) is 79.2 cm³/mol. The van der Waals surface area contributed by atoms with Crippen LogP contribution in [0.15, 0.2) is 18.2 Å². The van der Waals surface area contributed by atoms with E-state index in [2.05, 4.69) is 0 Å². The molecule has 1 aliphatic heterocycles. The zero-order chi connectivity index (χ0) is 15.9. The molecule has 0 aromatic heterocycles. The summed E-state index contributed by atoms with van der Waals surface area (Å²) in [5.74, 6) is -1.91. The maximum atomic E-state index is 13.9. The summed E-state index contributed by atoms with van der Waals surface area (Å²) in [4.78, 5) is 25.1. The molecule has 1 amide bonds. The van der Waals surface area contributed by atoms with Gasteiger partial charge in [-0.1, -0.05) is 17.7 Å². The Hall–Kier alpha value is -1.62. The molecule has 2 fully saturated rings. The summed E-state index contributed by atoms with van der Waals surface area (Å²) in [5, 5.41) is 9.34. The van der Waals surface area contributed by atoms with Gasteiger partial charge in [-0.2, -0.15) is 0 Å². The minimum Gasteiger partial charge on any atom is -0.481 e. The Kier molecular flexibility index (Phi) is 4.08. The molecular weight excluding hydrogens is 309 g/mol. The number of carboxylic acids is 1. The van der Waals surface area contributed by atoms with Gasteiger partial charge in [0.25, 0.3) is 0 Å². The van der Waals surface area contributed by atoms with Gasteiger partial charge in [0.1, 0.15) is 5.82 Å². The number of hydrogen-bond donors (Lipinski definition) is 1. The highest BCUT2D eigenvalue weighted by Crippen LogP contribution is 2.51. The molecule has 1 saturated carbocycles. The molecule has 2 unspecified atom stereocenters. The van der Waals surface area contributed by atoms with Gasteiger partial charge in [-0.15, -0.1) is 0 Å². The van der Waals surface area contributed by atoms with Crippen LogP contribution in [0.3, 0.4) is 0 Å². The van der Waals surface area contributed by atoms with Crippen molar-refractivity contribution in [3.05, 3.63) is 34.6 Å². The Morgan fingerprint density at radius 1 is 1.27 bits per heavy atom. The summed E-state index contributed by atoms with van der Waals surface area (Å²) in [7, 11) is 0. The third-order valence-corrected chi connectivity index (χ3v) is 4.96. The summed E-state index contributed by atoms with van der Waals surface area (Å²) >= 11 is 6.04. The van der Waals surface area contributed by atoms with Crippen molar-refractivity contribution in [1.29, 1.82) is 0 Å². The maximum absolute atomic E-state index is 13.9. The molecule has 1 aliphatic carbocycles. The van der Waals surface area contributed by atoms with Crippen LogP contribution in [0, 0.1) is 17.7 Å². The zero-order valence-electron chi connectivity index (χ0n) is 12.0. The van der Waals surface area contributed by atoms with E-state index in [-0.39, 0.29) is 29.5 Å². The average Bonchev–Trinajstić information content (AvgIpc) is 3.26. The van der Waals surface area contributed by atoms with Crippen LogP contribution in [-0.2, 0) is 9.59 Å². The summed E-state index contributed by atoms with van der Waals surface area (Å²) in [5.41, 5.74) is 0.433. The summed E-state index contributed by atoms with van der Waals surface area (Å²) in [6, 6.07) is 4.55. The number of carboxylic acid groups (broad SMARTS) is 1. The number of piperidine rings is 1. The Balaban J connectivity index is 1.63. The Morgan fingerprint density at radius 3 is 2.55 bits per heavy atom. The lowest BCUT2D eigenvalue weighted by atomic mass is 9.96. The van der Waals surface area contributed by atoms with E-state index < -0.39 is 5.97 Å². The van der Waals surface area contributed by atoms with Crippen LogP contribution in [0.2, 0.25) is 5.02 Å². The highest BCUT2D eigenvalue weighted by molar-refractivity contribution is 6.31. The molecule has 6 heteroatoms. The first kappa shape index (κ1) is 15.3.